The molecule has 0 aliphatic rings. The third-order valence-corrected chi connectivity index (χ3v) is 4.73. The number of carbonyl (C=O) groups excluding carboxylic acids is 2. The van der Waals surface area contributed by atoms with Crippen LogP contribution in [0.1, 0.15) is 44.9 Å². The first kappa shape index (κ1) is 22.2. The zero-order valence-electron chi connectivity index (χ0n) is 18.0. The highest BCUT2D eigenvalue weighted by Gasteiger charge is 2.21. The Morgan fingerprint density at radius 3 is 2.26 bits per heavy atom. The molecule has 0 fully saturated rings. The second-order valence-corrected chi connectivity index (χ2v) is 8.36. The van der Waals surface area contributed by atoms with Crippen LogP contribution in [0.15, 0.2) is 60.7 Å². The molecule has 162 valence electrons. The molecule has 31 heavy (non-hydrogen) atoms. The van der Waals surface area contributed by atoms with Crippen LogP contribution in [0.25, 0.3) is 5.69 Å². The highest BCUT2D eigenvalue weighted by Crippen LogP contribution is 2.26. The molecule has 2 amide bonds. The van der Waals surface area contributed by atoms with Crippen molar-refractivity contribution in [2.24, 2.45) is 0 Å². The number of halogens is 1. The van der Waals surface area contributed by atoms with Gasteiger partial charge in [0.1, 0.15) is 11.6 Å². The molecule has 0 bridgehead atoms. The number of benzene rings is 2. The van der Waals surface area contributed by atoms with E-state index in [1.54, 1.807) is 16.8 Å². The van der Waals surface area contributed by atoms with Gasteiger partial charge >= 0.3 is 0 Å². The van der Waals surface area contributed by atoms with Crippen LogP contribution < -0.4 is 10.6 Å². The third kappa shape index (κ3) is 6.25. The summed E-state index contributed by atoms with van der Waals surface area (Å²) >= 11 is 0. The van der Waals surface area contributed by atoms with Gasteiger partial charge in [0.15, 0.2) is 0 Å². The minimum Gasteiger partial charge on any atom is -0.352 e. The van der Waals surface area contributed by atoms with Crippen LogP contribution in [0.2, 0.25) is 0 Å². The molecule has 0 radical (unpaired) electrons. The molecular weight excluding hydrogens is 395 g/mol. The number of para-hydroxylation sites is 1. The van der Waals surface area contributed by atoms with Gasteiger partial charge < -0.3 is 10.6 Å². The molecule has 0 aliphatic carbocycles. The van der Waals surface area contributed by atoms with Crippen molar-refractivity contribution in [3.63, 3.8) is 0 Å². The predicted octanol–water partition coefficient (Wildman–Crippen LogP) is 4.34. The maximum atomic E-state index is 12.9. The van der Waals surface area contributed by atoms with E-state index < -0.39 is 0 Å². The standard InChI is InChI=1S/C24H27FN4O2/c1-24(2,3)20-15-21(29(28-20)19-7-5-4-6-8-19)27-23(31)14-13-22(30)26-16-17-9-11-18(25)12-10-17/h4-12,15H,13-14,16H2,1-3H3,(H,26,30)(H,27,31). The van der Waals surface area contributed by atoms with E-state index in [-0.39, 0.29) is 42.4 Å². The maximum absolute atomic E-state index is 12.9. The average molecular weight is 423 g/mol. The van der Waals surface area contributed by atoms with Crippen LogP contribution in [-0.2, 0) is 21.5 Å². The van der Waals surface area contributed by atoms with E-state index in [1.165, 1.54) is 12.1 Å². The van der Waals surface area contributed by atoms with Crippen molar-refractivity contribution < 1.29 is 14.0 Å². The Kier molecular flexibility index (Phi) is 6.84. The second kappa shape index (κ2) is 9.55. The molecule has 1 heterocycles. The van der Waals surface area contributed by atoms with Gasteiger partial charge in [-0.25, -0.2) is 9.07 Å². The SMILES string of the molecule is CC(C)(C)c1cc(NC(=O)CCC(=O)NCc2ccc(F)cc2)n(-c2ccccc2)n1. The summed E-state index contributed by atoms with van der Waals surface area (Å²) in [5.74, 6) is -0.273. The summed E-state index contributed by atoms with van der Waals surface area (Å²) in [6, 6.07) is 17.3. The number of nitrogens with zero attached hydrogens (tertiary/aromatic N) is 2. The quantitative estimate of drug-likeness (QED) is 0.595. The number of aromatic nitrogens is 2. The zero-order chi connectivity index (χ0) is 22.4. The van der Waals surface area contributed by atoms with Gasteiger partial charge in [-0.2, -0.15) is 5.10 Å². The van der Waals surface area contributed by atoms with Gasteiger partial charge in [-0.15, -0.1) is 0 Å². The Hall–Kier alpha value is -3.48. The molecule has 6 nitrogen and oxygen atoms in total. The summed E-state index contributed by atoms with van der Waals surface area (Å²) in [6.45, 7) is 6.46. The van der Waals surface area contributed by atoms with Gasteiger partial charge in [-0.05, 0) is 29.8 Å². The first-order valence-electron chi connectivity index (χ1n) is 10.2. The number of rotatable bonds is 7. The van der Waals surface area contributed by atoms with E-state index in [1.807, 2.05) is 36.4 Å². The molecule has 2 N–H and O–H groups in total. The van der Waals surface area contributed by atoms with Gasteiger partial charge in [0.05, 0.1) is 11.4 Å². The summed E-state index contributed by atoms with van der Waals surface area (Å²) in [7, 11) is 0. The van der Waals surface area contributed by atoms with Crippen molar-refractivity contribution >= 4 is 17.6 Å². The fourth-order valence-corrected chi connectivity index (χ4v) is 2.93. The van der Waals surface area contributed by atoms with E-state index in [2.05, 4.69) is 36.5 Å². The van der Waals surface area contributed by atoms with Crippen LogP contribution in [-0.4, -0.2) is 21.6 Å². The largest absolute Gasteiger partial charge is 0.352 e. The molecule has 0 spiro atoms. The Bertz CT molecular complexity index is 1040. The Morgan fingerprint density at radius 1 is 0.968 bits per heavy atom. The van der Waals surface area contributed by atoms with E-state index >= 15 is 0 Å². The normalized spacial score (nSPS) is 11.2. The molecule has 3 rings (SSSR count). The number of anilines is 1. The molecule has 0 atom stereocenters. The molecule has 7 heteroatoms. The number of amides is 2. The van der Waals surface area contributed by atoms with Crippen LogP contribution in [0.4, 0.5) is 10.2 Å². The van der Waals surface area contributed by atoms with Crippen LogP contribution in [0.5, 0.6) is 0 Å². The number of hydrogen-bond acceptors (Lipinski definition) is 3. The lowest BCUT2D eigenvalue weighted by Crippen LogP contribution is -2.24. The van der Waals surface area contributed by atoms with Crippen molar-refractivity contribution in [3.05, 3.63) is 77.7 Å². The predicted molar refractivity (Wildman–Crippen MR) is 118 cm³/mol. The summed E-state index contributed by atoms with van der Waals surface area (Å²) < 4.78 is 14.6. The molecule has 3 aromatic rings. The summed E-state index contributed by atoms with van der Waals surface area (Å²) in [4.78, 5) is 24.6. The number of carbonyl (C=O) groups is 2. The molecule has 0 saturated carbocycles. The van der Waals surface area contributed by atoms with Gasteiger partial charge in [-0.1, -0.05) is 51.1 Å². The van der Waals surface area contributed by atoms with E-state index in [0.29, 0.717) is 5.82 Å². The van der Waals surface area contributed by atoms with Gasteiger partial charge in [-0.3, -0.25) is 9.59 Å². The minimum absolute atomic E-state index is 0.0417. The molecule has 0 saturated heterocycles. The van der Waals surface area contributed by atoms with Crippen LogP contribution in [0.3, 0.4) is 0 Å². The monoisotopic (exact) mass is 422 g/mol. The first-order valence-corrected chi connectivity index (χ1v) is 10.2. The maximum Gasteiger partial charge on any atom is 0.226 e. The van der Waals surface area contributed by atoms with Crippen LogP contribution >= 0.6 is 0 Å². The Morgan fingerprint density at radius 2 is 1.61 bits per heavy atom. The lowest BCUT2D eigenvalue weighted by Gasteiger charge is -2.14. The smallest absolute Gasteiger partial charge is 0.226 e. The fourth-order valence-electron chi connectivity index (χ4n) is 2.93. The lowest BCUT2D eigenvalue weighted by molar-refractivity contribution is -0.124. The first-order chi connectivity index (χ1) is 14.7. The van der Waals surface area contributed by atoms with Gasteiger partial charge in [0, 0.05) is 30.9 Å². The third-order valence-electron chi connectivity index (χ3n) is 4.73. The van der Waals surface area contributed by atoms with E-state index in [4.69, 9.17) is 0 Å². The second-order valence-electron chi connectivity index (χ2n) is 8.36. The number of nitrogens with one attached hydrogen (secondary N) is 2. The molecule has 0 aliphatic heterocycles. The van der Waals surface area contributed by atoms with Crippen molar-refractivity contribution in [2.45, 2.75) is 45.6 Å². The molecular formula is C24H27FN4O2. The van der Waals surface area contributed by atoms with Crippen LogP contribution in [0, 0.1) is 5.82 Å². The fraction of sp³-hybridized carbons (Fsp3) is 0.292. The topological polar surface area (TPSA) is 76.0 Å². The van der Waals surface area contributed by atoms with Crippen molar-refractivity contribution in [1.82, 2.24) is 15.1 Å². The van der Waals surface area contributed by atoms with Crippen molar-refractivity contribution in [1.29, 1.82) is 0 Å². The average Bonchev–Trinajstić information content (AvgIpc) is 3.17. The van der Waals surface area contributed by atoms with Crippen molar-refractivity contribution in [2.75, 3.05) is 5.32 Å². The molecule has 1 aromatic heterocycles. The van der Waals surface area contributed by atoms with E-state index in [9.17, 15) is 14.0 Å². The Balaban J connectivity index is 1.60. The summed E-state index contributed by atoms with van der Waals surface area (Å²) in [5, 5.41) is 10.3. The number of hydrogen-bond donors (Lipinski definition) is 2. The minimum atomic E-state index is -0.323. The zero-order valence-corrected chi connectivity index (χ0v) is 18.0. The van der Waals surface area contributed by atoms with Gasteiger partial charge in [0.25, 0.3) is 0 Å². The van der Waals surface area contributed by atoms with E-state index in [0.717, 1.165) is 16.9 Å². The highest BCUT2D eigenvalue weighted by molar-refractivity contribution is 5.92. The summed E-state index contributed by atoms with van der Waals surface area (Å²) in [5.41, 5.74) is 2.30. The Labute approximate surface area is 181 Å². The lowest BCUT2D eigenvalue weighted by atomic mass is 9.92. The molecule has 2 aromatic carbocycles. The molecule has 0 unspecified atom stereocenters. The van der Waals surface area contributed by atoms with Gasteiger partial charge in [0.2, 0.25) is 11.8 Å². The van der Waals surface area contributed by atoms with Crippen molar-refractivity contribution in [3.8, 4) is 5.69 Å². The highest BCUT2D eigenvalue weighted by atomic mass is 19.1. The summed E-state index contributed by atoms with van der Waals surface area (Å²) in [6.07, 6.45) is 0.0959.